The molecule has 0 aromatic heterocycles. The van der Waals surface area contributed by atoms with E-state index < -0.39 is 11.2 Å². The first-order chi connectivity index (χ1) is 7.18. The van der Waals surface area contributed by atoms with E-state index >= 15 is 0 Å². The highest BCUT2D eigenvalue weighted by molar-refractivity contribution is 7.91. The quantitative estimate of drug-likeness (QED) is 0.619. The SMILES string of the molecule is CC(=O)N1CC[S+]([O-])c2ccccc2C1. The molecule has 1 heterocycles. The number of carbonyl (C=O) groups is 1. The van der Waals surface area contributed by atoms with Gasteiger partial charge in [0, 0.05) is 12.5 Å². The Balaban J connectivity index is 2.33. The molecule has 0 aliphatic carbocycles. The molecule has 0 saturated carbocycles. The van der Waals surface area contributed by atoms with Gasteiger partial charge in [-0.15, -0.1) is 0 Å². The van der Waals surface area contributed by atoms with Crippen molar-refractivity contribution in [2.45, 2.75) is 18.4 Å². The van der Waals surface area contributed by atoms with Crippen LogP contribution in [-0.4, -0.2) is 27.7 Å². The van der Waals surface area contributed by atoms with Crippen LogP contribution in [0.4, 0.5) is 0 Å². The number of nitrogens with zero attached hydrogens (tertiary/aromatic N) is 1. The molecule has 0 radical (unpaired) electrons. The van der Waals surface area contributed by atoms with Crippen molar-refractivity contribution < 1.29 is 9.35 Å². The standard InChI is InChI=1S/C11H13NO2S/c1-9(13)12-6-7-15(14)11-5-3-2-4-10(11)8-12/h2-5H,6-8H2,1H3. The lowest BCUT2D eigenvalue weighted by Gasteiger charge is -2.16. The number of rotatable bonds is 0. The lowest BCUT2D eigenvalue weighted by Crippen LogP contribution is -2.30. The van der Waals surface area contributed by atoms with E-state index in [2.05, 4.69) is 0 Å². The zero-order valence-electron chi connectivity index (χ0n) is 8.60. The van der Waals surface area contributed by atoms with Gasteiger partial charge in [0.15, 0.2) is 4.90 Å². The highest BCUT2D eigenvalue weighted by atomic mass is 32.2. The summed E-state index contributed by atoms with van der Waals surface area (Å²) in [5, 5.41) is 0. The topological polar surface area (TPSA) is 43.4 Å². The summed E-state index contributed by atoms with van der Waals surface area (Å²) < 4.78 is 11.8. The Kier molecular flexibility index (Phi) is 2.98. The van der Waals surface area contributed by atoms with Crippen molar-refractivity contribution >= 4 is 17.1 Å². The van der Waals surface area contributed by atoms with E-state index in [1.54, 1.807) is 11.8 Å². The van der Waals surface area contributed by atoms with Gasteiger partial charge in [-0.1, -0.05) is 18.2 Å². The molecule has 0 spiro atoms. The first-order valence-corrected chi connectivity index (χ1v) is 6.22. The zero-order chi connectivity index (χ0) is 10.8. The molecule has 0 N–H and O–H groups in total. The second-order valence-electron chi connectivity index (χ2n) is 3.60. The molecule has 1 atom stereocenters. The molecule has 1 aromatic carbocycles. The van der Waals surface area contributed by atoms with Crippen molar-refractivity contribution in [1.82, 2.24) is 4.90 Å². The number of benzene rings is 1. The normalized spacial score (nSPS) is 20.7. The van der Waals surface area contributed by atoms with Crippen LogP contribution >= 0.6 is 0 Å². The fourth-order valence-electron chi connectivity index (χ4n) is 1.71. The summed E-state index contributed by atoms with van der Waals surface area (Å²) in [6, 6.07) is 7.63. The summed E-state index contributed by atoms with van der Waals surface area (Å²) in [5.74, 6) is 0.583. The first kappa shape index (κ1) is 10.5. The van der Waals surface area contributed by atoms with Gasteiger partial charge in [0.25, 0.3) is 0 Å². The molecule has 15 heavy (non-hydrogen) atoms. The third-order valence-corrected chi connectivity index (χ3v) is 4.01. The third kappa shape index (κ3) is 2.16. The van der Waals surface area contributed by atoms with Crippen LogP contribution in [0, 0.1) is 0 Å². The second kappa shape index (κ2) is 4.24. The number of amides is 1. The van der Waals surface area contributed by atoms with Crippen LogP contribution in [0.25, 0.3) is 0 Å². The van der Waals surface area contributed by atoms with Gasteiger partial charge >= 0.3 is 0 Å². The van der Waals surface area contributed by atoms with Crippen molar-refractivity contribution in [2.24, 2.45) is 0 Å². The fourth-order valence-corrected chi connectivity index (χ4v) is 2.97. The van der Waals surface area contributed by atoms with E-state index in [0.29, 0.717) is 18.8 Å². The highest BCUT2D eigenvalue weighted by Crippen LogP contribution is 2.22. The summed E-state index contributed by atoms with van der Waals surface area (Å²) in [4.78, 5) is 13.9. The summed E-state index contributed by atoms with van der Waals surface area (Å²) in [6.45, 7) is 2.71. The molecule has 4 heteroatoms. The lowest BCUT2D eigenvalue weighted by molar-refractivity contribution is -0.129. The Bertz CT molecular complexity index is 381. The third-order valence-electron chi connectivity index (χ3n) is 2.57. The van der Waals surface area contributed by atoms with Crippen LogP contribution in [0.15, 0.2) is 29.2 Å². The van der Waals surface area contributed by atoms with Gasteiger partial charge in [-0.2, -0.15) is 0 Å². The minimum atomic E-state index is -0.964. The number of carbonyl (C=O) groups excluding carboxylic acids is 1. The largest absolute Gasteiger partial charge is 0.611 e. The van der Waals surface area contributed by atoms with Gasteiger partial charge in [-0.3, -0.25) is 4.79 Å². The van der Waals surface area contributed by atoms with Gasteiger partial charge in [0.2, 0.25) is 5.91 Å². The summed E-state index contributed by atoms with van der Waals surface area (Å²) in [6.07, 6.45) is 0. The molecule has 1 aromatic rings. The molecule has 1 amide bonds. The molecular formula is C11H13NO2S. The Hall–Kier alpha value is -1.00. The first-order valence-electron chi connectivity index (χ1n) is 4.90. The molecular weight excluding hydrogens is 210 g/mol. The number of fused-ring (bicyclic) bond motifs is 1. The van der Waals surface area contributed by atoms with Gasteiger partial charge < -0.3 is 9.45 Å². The van der Waals surface area contributed by atoms with Crippen LogP contribution in [0.5, 0.6) is 0 Å². The van der Waals surface area contributed by atoms with E-state index in [-0.39, 0.29) is 5.91 Å². The van der Waals surface area contributed by atoms with E-state index in [1.807, 2.05) is 24.3 Å². The van der Waals surface area contributed by atoms with Crippen LogP contribution in [-0.2, 0) is 22.5 Å². The average Bonchev–Trinajstić information content (AvgIpc) is 2.39. The summed E-state index contributed by atoms with van der Waals surface area (Å²) in [5.41, 5.74) is 1.00. The second-order valence-corrected chi connectivity index (χ2v) is 5.14. The number of hydrogen-bond acceptors (Lipinski definition) is 2. The summed E-state index contributed by atoms with van der Waals surface area (Å²) >= 11 is -0.964. The van der Waals surface area contributed by atoms with Crippen LogP contribution < -0.4 is 0 Å². The predicted molar refractivity (Wildman–Crippen MR) is 58.8 cm³/mol. The van der Waals surface area contributed by atoms with Gasteiger partial charge in [-0.05, 0) is 17.2 Å². The predicted octanol–water partition coefficient (Wildman–Crippen LogP) is 1.16. The Morgan fingerprint density at radius 2 is 2.20 bits per heavy atom. The van der Waals surface area contributed by atoms with Gasteiger partial charge in [0.1, 0.15) is 5.75 Å². The van der Waals surface area contributed by atoms with Gasteiger partial charge in [-0.25, -0.2) is 0 Å². The fraction of sp³-hybridized carbons (Fsp3) is 0.364. The zero-order valence-corrected chi connectivity index (χ0v) is 9.42. The Labute approximate surface area is 92.3 Å². The molecule has 1 aliphatic heterocycles. The molecule has 1 unspecified atom stereocenters. The average molecular weight is 223 g/mol. The van der Waals surface area contributed by atoms with E-state index in [0.717, 1.165) is 10.5 Å². The molecule has 2 rings (SSSR count). The smallest absolute Gasteiger partial charge is 0.219 e. The maximum absolute atomic E-state index is 11.8. The molecule has 3 nitrogen and oxygen atoms in total. The van der Waals surface area contributed by atoms with E-state index in [4.69, 9.17) is 0 Å². The number of hydrogen-bond donors (Lipinski definition) is 0. The molecule has 80 valence electrons. The molecule has 0 saturated heterocycles. The van der Waals surface area contributed by atoms with Crippen LogP contribution in [0.3, 0.4) is 0 Å². The Morgan fingerprint density at radius 1 is 1.47 bits per heavy atom. The highest BCUT2D eigenvalue weighted by Gasteiger charge is 2.24. The van der Waals surface area contributed by atoms with Crippen molar-refractivity contribution in [2.75, 3.05) is 12.3 Å². The van der Waals surface area contributed by atoms with E-state index in [9.17, 15) is 9.35 Å². The molecule has 0 bridgehead atoms. The van der Waals surface area contributed by atoms with Crippen molar-refractivity contribution in [3.8, 4) is 0 Å². The maximum Gasteiger partial charge on any atom is 0.219 e. The van der Waals surface area contributed by atoms with Crippen molar-refractivity contribution in [3.63, 3.8) is 0 Å². The minimum absolute atomic E-state index is 0.0451. The van der Waals surface area contributed by atoms with Gasteiger partial charge in [0.05, 0.1) is 13.1 Å². The monoisotopic (exact) mass is 223 g/mol. The maximum atomic E-state index is 11.8. The van der Waals surface area contributed by atoms with Crippen molar-refractivity contribution in [1.29, 1.82) is 0 Å². The lowest BCUT2D eigenvalue weighted by atomic mass is 10.2. The minimum Gasteiger partial charge on any atom is -0.611 e. The summed E-state index contributed by atoms with van der Waals surface area (Å²) in [7, 11) is 0. The van der Waals surface area contributed by atoms with E-state index in [1.165, 1.54) is 0 Å². The molecule has 1 aliphatic rings. The Morgan fingerprint density at radius 3 is 2.93 bits per heavy atom. The van der Waals surface area contributed by atoms with Crippen molar-refractivity contribution in [3.05, 3.63) is 29.8 Å². The molecule has 0 fully saturated rings. The van der Waals surface area contributed by atoms with Crippen LogP contribution in [0.1, 0.15) is 12.5 Å². The van der Waals surface area contributed by atoms with Crippen LogP contribution in [0.2, 0.25) is 0 Å².